The minimum atomic E-state index is -1.00. The van der Waals surface area contributed by atoms with Crippen LogP contribution in [0.15, 0.2) is 54.6 Å². The molecule has 2 fully saturated rings. The number of aliphatic carboxylic acids is 1. The number of hydrogen-bond donors (Lipinski definition) is 2. The summed E-state index contributed by atoms with van der Waals surface area (Å²) in [6.45, 7) is 18.6. The van der Waals surface area contributed by atoms with Crippen LogP contribution in [0, 0.1) is 35.5 Å². The first-order valence-corrected chi connectivity index (χ1v) is 30.7. The van der Waals surface area contributed by atoms with E-state index >= 15 is 0 Å². The highest BCUT2D eigenvalue weighted by Gasteiger charge is 2.43. The number of rotatable bonds is 34. The van der Waals surface area contributed by atoms with Crippen molar-refractivity contribution in [2.24, 2.45) is 35.5 Å². The smallest absolute Gasteiger partial charge is 0.410 e. The minimum absolute atomic E-state index is 0.0117. The van der Waals surface area contributed by atoms with Crippen LogP contribution in [0.4, 0.5) is 10.5 Å². The maximum absolute atomic E-state index is 13.9. The van der Waals surface area contributed by atoms with Gasteiger partial charge in [0.15, 0.2) is 11.6 Å². The lowest BCUT2D eigenvalue weighted by Crippen LogP contribution is -2.54. The predicted molar refractivity (Wildman–Crippen MR) is 320 cm³/mol. The van der Waals surface area contributed by atoms with E-state index in [0.717, 1.165) is 42.5 Å². The van der Waals surface area contributed by atoms with Gasteiger partial charge in [0.2, 0.25) is 23.6 Å². The summed E-state index contributed by atoms with van der Waals surface area (Å²) >= 11 is 1.41. The van der Waals surface area contributed by atoms with Gasteiger partial charge in [0.1, 0.15) is 12.4 Å². The Bertz CT molecular complexity index is 2390. The number of ether oxygens (including phenoxy) is 3. The molecule has 4 rings (SSSR count). The third-order valence-electron chi connectivity index (χ3n) is 16.4. The Kier molecular flexibility index (Phi) is 30.5. The normalized spacial score (nSPS) is 18.1. The average Bonchev–Trinajstić information content (AvgIpc) is 4.23. The van der Waals surface area contributed by atoms with Gasteiger partial charge < -0.3 is 39.3 Å². The van der Waals surface area contributed by atoms with Crippen LogP contribution in [0.5, 0.6) is 0 Å². The molecule has 2 heterocycles. The van der Waals surface area contributed by atoms with Crippen LogP contribution >= 0.6 is 11.8 Å². The summed E-state index contributed by atoms with van der Waals surface area (Å²) in [5.74, 6) is -2.65. The number of nitrogens with one attached hydrogen (secondary N) is 1. The van der Waals surface area contributed by atoms with Crippen LogP contribution < -0.4 is 5.32 Å². The largest absolute Gasteiger partial charge is 0.481 e. The number of ketones is 3. The van der Waals surface area contributed by atoms with Crippen LogP contribution in [-0.4, -0.2) is 168 Å². The van der Waals surface area contributed by atoms with Gasteiger partial charge in [0.05, 0.1) is 54.5 Å². The van der Waals surface area contributed by atoms with Crippen LogP contribution in [-0.2, 0) is 65.6 Å². The monoisotopic (exact) mass is 1160 g/mol. The Balaban J connectivity index is 0.000000438. The summed E-state index contributed by atoms with van der Waals surface area (Å²) in [6, 6.07) is 15.5. The molecule has 2 aromatic rings. The summed E-state index contributed by atoms with van der Waals surface area (Å²) in [5, 5.41) is 12.7. The molecule has 0 aliphatic carbocycles. The number of likely N-dealkylation sites (N-methyl/N-ethyl adjacent to an activating group) is 2. The number of hydrogen-bond acceptors (Lipinski definition) is 14. The van der Waals surface area contributed by atoms with Crippen molar-refractivity contribution in [3.63, 3.8) is 0 Å². The second-order valence-electron chi connectivity index (χ2n) is 22.9. The van der Waals surface area contributed by atoms with E-state index in [9.17, 15) is 48.3 Å². The van der Waals surface area contributed by atoms with E-state index in [2.05, 4.69) is 33.0 Å². The van der Waals surface area contributed by atoms with Gasteiger partial charge in [-0.1, -0.05) is 111 Å². The molecule has 2 aliphatic rings. The number of nitrogens with zero attached hydrogens (tertiary/aromatic N) is 4. The Hall–Kier alpha value is -5.66. The lowest BCUT2D eigenvalue weighted by Gasteiger charge is -2.40. The second kappa shape index (κ2) is 35.5. The van der Waals surface area contributed by atoms with Crippen LogP contribution in [0.25, 0.3) is 0 Å². The Morgan fingerprint density at radius 2 is 1.48 bits per heavy atom. The number of amides is 5. The zero-order valence-corrected chi connectivity index (χ0v) is 52.3. The zero-order valence-electron chi connectivity index (χ0n) is 51.5. The fourth-order valence-electron chi connectivity index (χ4n) is 11.5. The van der Waals surface area contributed by atoms with Crippen LogP contribution in [0.1, 0.15) is 144 Å². The number of unbranched alkanes of at least 4 members (excludes halogenated alkanes) is 2. The summed E-state index contributed by atoms with van der Waals surface area (Å²) in [7, 11) is 6.54. The molecule has 18 nitrogen and oxygen atoms in total. The molecule has 0 saturated carbocycles. The van der Waals surface area contributed by atoms with E-state index in [1.807, 2.05) is 88.7 Å². The molecule has 0 spiro atoms. The van der Waals surface area contributed by atoms with E-state index in [4.69, 9.17) is 14.2 Å². The van der Waals surface area contributed by atoms with E-state index in [-0.39, 0.29) is 121 Å². The van der Waals surface area contributed by atoms with Crippen molar-refractivity contribution in [3.8, 4) is 0 Å². The van der Waals surface area contributed by atoms with E-state index in [0.29, 0.717) is 38.8 Å². The minimum Gasteiger partial charge on any atom is -0.481 e. The fraction of sp³-hybridized carbons (Fsp3) is 0.667. The van der Waals surface area contributed by atoms with Gasteiger partial charge in [-0.05, 0) is 92.7 Å². The number of Topliss-reactive ketones (excluding diaryl/α,β-unsaturated/α-hetero) is 3. The summed E-state index contributed by atoms with van der Waals surface area (Å²) in [6.07, 6.45) is 6.43. The van der Waals surface area contributed by atoms with Crippen LogP contribution in [0.2, 0.25) is 0 Å². The van der Waals surface area contributed by atoms with Crippen molar-refractivity contribution in [1.82, 2.24) is 19.6 Å². The van der Waals surface area contributed by atoms with Crippen molar-refractivity contribution < 1.29 is 62.5 Å². The van der Waals surface area contributed by atoms with Gasteiger partial charge in [-0.25, -0.2) is 4.79 Å². The number of carboxylic acid groups (broad SMARTS) is 1. The van der Waals surface area contributed by atoms with E-state index in [1.54, 1.807) is 38.0 Å². The highest BCUT2D eigenvalue weighted by Crippen LogP contribution is 2.32. The molecule has 82 heavy (non-hydrogen) atoms. The van der Waals surface area contributed by atoms with Gasteiger partial charge in [0.25, 0.3) is 0 Å². The van der Waals surface area contributed by atoms with E-state index in [1.165, 1.54) is 28.5 Å². The average molecular weight is 1160 g/mol. The number of likely N-dealkylation sites (tertiary alicyclic amines) is 2. The quantitative estimate of drug-likeness (QED) is 0.0492. The van der Waals surface area contributed by atoms with Crippen molar-refractivity contribution in [3.05, 3.63) is 65.7 Å². The summed E-state index contributed by atoms with van der Waals surface area (Å²) in [5.41, 5.74) is 2.44. The van der Waals surface area contributed by atoms with Gasteiger partial charge in [-0.2, -0.15) is 11.8 Å². The first-order valence-electron chi connectivity index (χ1n) is 29.4. The molecule has 5 amide bonds. The van der Waals surface area contributed by atoms with E-state index < -0.39 is 42.1 Å². The highest BCUT2D eigenvalue weighted by atomic mass is 32.2. The van der Waals surface area contributed by atoms with Gasteiger partial charge in [-0.15, -0.1) is 0 Å². The number of carboxylic acids is 1. The number of methoxy groups -OCH3 is 2. The number of thioether (sulfide) groups is 1. The van der Waals surface area contributed by atoms with Crippen LogP contribution in [0.3, 0.4) is 0 Å². The molecular weight excluding hydrogens is 1070 g/mol. The zero-order chi connectivity index (χ0) is 61.4. The fourth-order valence-corrected chi connectivity index (χ4v) is 12.1. The Morgan fingerprint density at radius 3 is 2.01 bits per heavy atom. The van der Waals surface area contributed by atoms with Crippen molar-refractivity contribution >= 4 is 70.5 Å². The summed E-state index contributed by atoms with van der Waals surface area (Å²) in [4.78, 5) is 120. The number of carbonyl (C=O) groups is 9. The van der Waals surface area contributed by atoms with Gasteiger partial charge in [0, 0.05) is 78.2 Å². The highest BCUT2D eigenvalue weighted by molar-refractivity contribution is 8.00. The number of anilines is 1. The van der Waals surface area contributed by atoms with Crippen molar-refractivity contribution in [2.75, 3.05) is 59.5 Å². The first kappa shape index (κ1) is 70.6. The van der Waals surface area contributed by atoms with Gasteiger partial charge in [-0.3, -0.25) is 43.3 Å². The number of imide groups is 1. The molecule has 458 valence electrons. The van der Waals surface area contributed by atoms with Gasteiger partial charge >= 0.3 is 12.1 Å². The third kappa shape index (κ3) is 20.9. The summed E-state index contributed by atoms with van der Waals surface area (Å²) < 4.78 is 17.2. The molecule has 0 bridgehead atoms. The molecule has 1 unspecified atom stereocenters. The van der Waals surface area contributed by atoms with Crippen molar-refractivity contribution in [1.29, 1.82) is 0 Å². The topological polar surface area (TPSA) is 227 Å². The third-order valence-corrected chi connectivity index (χ3v) is 17.4. The number of carbonyl (C=O) groups excluding carboxylic acids is 8. The predicted octanol–water partition coefficient (Wildman–Crippen LogP) is 9.39. The second-order valence-corrected chi connectivity index (χ2v) is 24.0. The lowest BCUT2D eigenvalue weighted by atomic mass is 9.85. The lowest BCUT2D eigenvalue weighted by molar-refractivity contribution is -0.148. The Labute approximate surface area is 492 Å². The first-order chi connectivity index (χ1) is 38.9. The maximum Gasteiger partial charge on any atom is 0.410 e. The molecule has 2 saturated heterocycles. The maximum atomic E-state index is 13.9. The molecule has 2 N–H and O–H groups in total. The van der Waals surface area contributed by atoms with Crippen molar-refractivity contribution in [2.45, 2.75) is 182 Å². The number of benzene rings is 2. The SMILES string of the molecule is CC[C@H](C(=O)N(C)[C@@H]([C@@H](C)CC)[C@@H](CC(=O)N1CCC[C@H]1[C@H](OC)[C@@H](C)C(=O)C[C@@H](Cc1ccccc1)C(=O)O)OC)C(C)C.CSC1CC(=O)N(CCCCCC(=O)CNc2ccc(COC(=O)N(C)[C@H](C(C)=O)C(C)C)cc2)C1=O. The molecule has 10 atom stereocenters. The molecule has 0 aromatic heterocycles. The standard InChI is InChI=1S/C36H58N2O7.C27H39N3O6S/c1-10-24(5)33(37(7)35(41)28(11-2)23(3)4)31(44-8)22-32(40)38-19-15-18-29(38)34(45-9)25(6)30(39)21-27(36(42)43)20-26-16-13-12-14-17-26;1-18(2)25(19(3)31)29(4)27(35)36-17-20-10-12-21(13-11-20)28-16-22(32)9-7-6-8-14-30-24(33)15-23(37-5)26(30)34/h12-14,16-17,23-25,27-29,31,33-34H,10-11,15,18-22H2,1-9H3,(H,42,43);10-13,18,23,25,28H,6-9,14-17H2,1-5H3/t24-,25-,27+,28-,29-,31+,33-,34+;23?,25-/m00/s1. The molecule has 2 aromatic carbocycles. The molecule has 0 radical (unpaired) electrons. The molecule has 2 aliphatic heterocycles. The molecule has 19 heteroatoms. The Morgan fingerprint density at radius 1 is 0.817 bits per heavy atom. The molecular formula is C63H97N5O13S.